The van der Waals surface area contributed by atoms with Crippen molar-refractivity contribution in [2.24, 2.45) is 0 Å². The van der Waals surface area contributed by atoms with Crippen LogP contribution < -0.4 is 11.2 Å². The van der Waals surface area contributed by atoms with Crippen molar-refractivity contribution in [2.45, 2.75) is 19.6 Å². The van der Waals surface area contributed by atoms with Crippen molar-refractivity contribution < 1.29 is 4.39 Å². The number of halogens is 2. The lowest BCUT2D eigenvalue weighted by Gasteiger charge is -2.14. The Bertz CT molecular complexity index is 1570. The van der Waals surface area contributed by atoms with E-state index in [4.69, 9.17) is 11.6 Å². The third-order valence-electron chi connectivity index (χ3n) is 5.74. The Kier molecular flexibility index (Phi) is 5.86. The molecule has 170 valence electrons. The molecule has 0 aliphatic heterocycles. The second kappa shape index (κ2) is 9.11. The number of fused-ring (bicyclic) bond motifs is 1. The highest BCUT2D eigenvalue weighted by molar-refractivity contribution is 6.31. The third kappa shape index (κ3) is 4.06. The quantitative estimate of drug-likeness (QED) is 0.368. The summed E-state index contributed by atoms with van der Waals surface area (Å²) < 4.78 is 18.7. The van der Waals surface area contributed by atoms with Gasteiger partial charge in [0.25, 0.3) is 5.56 Å². The molecule has 2 aromatic heterocycles. The predicted molar refractivity (Wildman–Crippen MR) is 130 cm³/mol. The number of hydrogen-bond acceptors (Lipinski definition) is 3. The first kappa shape index (κ1) is 21.9. The molecular weight excluding hydrogens is 455 g/mol. The van der Waals surface area contributed by atoms with E-state index >= 15 is 0 Å². The van der Waals surface area contributed by atoms with E-state index in [1.165, 1.54) is 22.8 Å². The number of hydrogen-bond donors (Lipinski definition) is 0. The standard InChI is InChI=1S/C26H20ClFN4O2/c27-21-12-7-13-22(28)20(21)16-32-25(33)23-24(29-17-30(23)14-18-8-3-1-4-9-18)31(26(32)34)15-19-10-5-2-6-11-19/h1-13,17H,14-16H2. The normalized spacial score (nSPS) is 11.2. The maximum Gasteiger partial charge on any atom is 0.333 e. The van der Waals surface area contributed by atoms with Crippen LogP contribution >= 0.6 is 11.6 Å². The maximum absolute atomic E-state index is 14.5. The number of benzene rings is 3. The molecule has 0 atom stereocenters. The molecule has 0 fully saturated rings. The fourth-order valence-corrected chi connectivity index (χ4v) is 4.25. The summed E-state index contributed by atoms with van der Waals surface area (Å²) in [7, 11) is 0. The van der Waals surface area contributed by atoms with Crippen LogP contribution in [0.25, 0.3) is 11.2 Å². The molecule has 5 rings (SSSR count). The van der Waals surface area contributed by atoms with Crippen LogP contribution in [0.4, 0.5) is 4.39 Å². The van der Waals surface area contributed by atoms with E-state index in [1.807, 2.05) is 60.7 Å². The lowest BCUT2D eigenvalue weighted by Crippen LogP contribution is -2.41. The molecule has 0 bridgehead atoms. The average Bonchev–Trinajstić information content (AvgIpc) is 3.26. The summed E-state index contributed by atoms with van der Waals surface area (Å²) in [5, 5.41) is 0.152. The molecule has 5 aromatic rings. The van der Waals surface area contributed by atoms with E-state index in [-0.39, 0.29) is 34.8 Å². The summed E-state index contributed by atoms with van der Waals surface area (Å²) in [5.41, 5.74) is 1.37. The van der Waals surface area contributed by atoms with Crippen LogP contribution in [0.15, 0.2) is 94.8 Å². The molecule has 0 saturated carbocycles. The zero-order valence-corrected chi connectivity index (χ0v) is 18.8. The molecule has 34 heavy (non-hydrogen) atoms. The lowest BCUT2D eigenvalue weighted by atomic mass is 10.2. The largest absolute Gasteiger partial charge is 0.333 e. The van der Waals surface area contributed by atoms with Crippen molar-refractivity contribution in [3.8, 4) is 0 Å². The monoisotopic (exact) mass is 474 g/mol. The molecule has 0 spiro atoms. The van der Waals surface area contributed by atoms with E-state index in [0.29, 0.717) is 6.54 Å². The van der Waals surface area contributed by atoms with Gasteiger partial charge in [-0.15, -0.1) is 0 Å². The topological polar surface area (TPSA) is 61.8 Å². The molecule has 0 aliphatic rings. The van der Waals surface area contributed by atoms with Gasteiger partial charge < -0.3 is 4.57 Å². The number of aromatic nitrogens is 4. The molecule has 0 N–H and O–H groups in total. The number of rotatable bonds is 6. The highest BCUT2D eigenvalue weighted by Crippen LogP contribution is 2.20. The van der Waals surface area contributed by atoms with Crippen LogP contribution in [0.3, 0.4) is 0 Å². The van der Waals surface area contributed by atoms with Gasteiger partial charge in [-0.3, -0.25) is 13.9 Å². The Balaban J connectivity index is 1.72. The van der Waals surface area contributed by atoms with E-state index in [1.54, 1.807) is 10.9 Å². The van der Waals surface area contributed by atoms with Gasteiger partial charge in [0.15, 0.2) is 11.2 Å². The molecule has 0 saturated heterocycles. The van der Waals surface area contributed by atoms with Gasteiger partial charge >= 0.3 is 5.69 Å². The van der Waals surface area contributed by atoms with Gasteiger partial charge in [-0.2, -0.15) is 0 Å². The first-order chi connectivity index (χ1) is 16.5. The zero-order valence-electron chi connectivity index (χ0n) is 18.1. The smallest absolute Gasteiger partial charge is 0.320 e. The Hall–Kier alpha value is -3.97. The van der Waals surface area contributed by atoms with Gasteiger partial charge in [-0.05, 0) is 23.3 Å². The highest BCUT2D eigenvalue weighted by Gasteiger charge is 2.20. The molecule has 0 unspecified atom stereocenters. The number of imidazole rings is 1. The summed E-state index contributed by atoms with van der Waals surface area (Å²) in [5.74, 6) is -0.578. The summed E-state index contributed by atoms with van der Waals surface area (Å²) in [6.07, 6.45) is 1.56. The predicted octanol–water partition coefficient (Wildman–Crippen LogP) is 4.30. The second-order valence-electron chi connectivity index (χ2n) is 7.98. The van der Waals surface area contributed by atoms with Crippen molar-refractivity contribution in [1.29, 1.82) is 0 Å². The lowest BCUT2D eigenvalue weighted by molar-refractivity contribution is 0.576. The van der Waals surface area contributed by atoms with E-state index in [0.717, 1.165) is 15.7 Å². The van der Waals surface area contributed by atoms with Gasteiger partial charge in [-0.25, -0.2) is 14.2 Å². The van der Waals surface area contributed by atoms with Crippen LogP contribution in [-0.4, -0.2) is 18.7 Å². The second-order valence-corrected chi connectivity index (χ2v) is 8.38. The minimum atomic E-state index is -0.578. The van der Waals surface area contributed by atoms with Gasteiger partial charge in [0, 0.05) is 17.1 Å². The summed E-state index contributed by atoms with van der Waals surface area (Å²) >= 11 is 6.21. The van der Waals surface area contributed by atoms with Crippen molar-refractivity contribution in [1.82, 2.24) is 18.7 Å². The van der Waals surface area contributed by atoms with Gasteiger partial charge in [0.1, 0.15) is 5.82 Å². The zero-order chi connectivity index (χ0) is 23.7. The minimum Gasteiger partial charge on any atom is -0.320 e. The van der Waals surface area contributed by atoms with Gasteiger partial charge in [0.05, 0.1) is 19.4 Å². The van der Waals surface area contributed by atoms with E-state index in [2.05, 4.69) is 4.98 Å². The summed E-state index contributed by atoms with van der Waals surface area (Å²) in [4.78, 5) is 31.5. The fourth-order valence-electron chi connectivity index (χ4n) is 4.03. The van der Waals surface area contributed by atoms with Gasteiger partial charge in [-0.1, -0.05) is 78.3 Å². The highest BCUT2D eigenvalue weighted by atomic mass is 35.5. The maximum atomic E-state index is 14.5. The van der Waals surface area contributed by atoms with Crippen molar-refractivity contribution in [2.75, 3.05) is 0 Å². The molecule has 2 heterocycles. The van der Waals surface area contributed by atoms with Crippen LogP contribution in [0.5, 0.6) is 0 Å². The Morgan fingerprint density at radius 1 is 0.765 bits per heavy atom. The first-order valence-electron chi connectivity index (χ1n) is 10.7. The van der Waals surface area contributed by atoms with E-state index in [9.17, 15) is 14.0 Å². The Morgan fingerprint density at radius 2 is 1.41 bits per heavy atom. The van der Waals surface area contributed by atoms with Crippen LogP contribution in [0, 0.1) is 5.82 Å². The van der Waals surface area contributed by atoms with Crippen LogP contribution in [0.1, 0.15) is 16.7 Å². The minimum absolute atomic E-state index is 0.0862. The van der Waals surface area contributed by atoms with Crippen molar-refractivity contribution in [3.63, 3.8) is 0 Å². The van der Waals surface area contributed by atoms with Crippen molar-refractivity contribution >= 4 is 22.8 Å². The average molecular weight is 475 g/mol. The molecule has 0 radical (unpaired) electrons. The number of nitrogens with zero attached hydrogens (tertiary/aromatic N) is 4. The fraction of sp³-hybridized carbons (Fsp3) is 0.115. The Morgan fingerprint density at radius 3 is 2.06 bits per heavy atom. The van der Waals surface area contributed by atoms with Crippen LogP contribution in [-0.2, 0) is 19.6 Å². The summed E-state index contributed by atoms with van der Waals surface area (Å²) in [6.45, 7) is 0.324. The molecular formula is C26H20ClFN4O2. The van der Waals surface area contributed by atoms with Gasteiger partial charge in [0.2, 0.25) is 0 Å². The molecule has 3 aromatic carbocycles. The first-order valence-corrected chi connectivity index (χ1v) is 11.1. The van der Waals surface area contributed by atoms with Crippen molar-refractivity contribution in [3.05, 3.63) is 134 Å². The molecule has 0 amide bonds. The van der Waals surface area contributed by atoms with Crippen LogP contribution in [0.2, 0.25) is 5.02 Å². The molecule has 0 aliphatic carbocycles. The van der Waals surface area contributed by atoms with E-state index < -0.39 is 17.1 Å². The molecule has 6 nitrogen and oxygen atoms in total. The third-order valence-corrected chi connectivity index (χ3v) is 6.09. The SMILES string of the molecule is O=c1c2c(ncn2Cc2ccccc2)n(Cc2ccccc2)c(=O)n1Cc1c(F)cccc1Cl. The Labute approximate surface area is 199 Å². The molecule has 8 heteroatoms. The summed E-state index contributed by atoms with van der Waals surface area (Å²) in [6, 6.07) is 23.3.